The minimum Gasteiger partial charge on any atom is -0.496 e. The van der Waals surface area contributed by atoms with E-state index < -0.39 is 0 Å². The number of carbonyl (C=O) groups excluding carboxylic acids is 2. The average molecular weight is 346 g/mol. The molecule has 0 radical (unpaired) electrons. The van der Waals surface area contributed by atoms with Gasteiger partial charge in [-0.1, -0.05) is 39.0 Å². The number of hydrogen-bond donors (Lipinski definition) is 1. The quantitative estimate of drug-likeness (QED) is 0.826. The summed E-state index contributed by atoms with van der Waals surface area (Å²) in [5, 5.41) is 3.05. The zero-order chi connectivity index (χ0) is 18.4. The van der Waals surface area contributed by atoms with Crippen LogP contribution in [-0.2, 0) is 9.59 Å². The molecule has 0 saturated carbocycles. The Balaban J connectivity index is 2.20. The molecule has 1 aliphatic heterocycles. The van der Waals surface area contributed by atoms with Crippen molar-refractivity contribution in [2.24, 2.45) is 11.8 Å². The van der Waals surface area contributed by atoms with E-state index >= 15 is 0 Å². The van der Waals surface area contributed by atoms with Gasteiger partial charge in [-0.05, 0) is 24.0 Å². The summed E-state index contributed by atoms with van der Waals surface area (Å²) in [6.07, 6.45) is 1.41. The molecule has 1 saturated heterocycles. The van der Waals surface area contributed by atoms with E-state index in [4.69, 9.17) is 4.74 Å². The Morgan fingerprint density at radius 1 is 1.28 bits per heavy atom. The van der Waals surface area contributed by atoms with Crippen molar-refractivity contribution in [3.05, 3.63) is 29.8 Å². The third-order valence-electron chi connectivity index (χ3n) is 4.87. The van der Waals surface area contributed by atoms with Gasteiger partial charge in [-0.15, -0.1) is 0 Å². The Bertz CT molecular complexity index is 600. The van der Waals surface area contributed by atoms with E-state index in [9.17, 15) is 9.59 Å². The molecule has 1 aromatic rings. The Morgan fingerprint density at radius 3 is 2.64 bits per heavy atom. The van der Waals surface area contributed by atoms with E-state index in [0.29, 0.717) is 32.0 Å². The number of nitrogens with one attached hydrogen (secondary N) is 1. The second kappa shape index (κ2) is 8.88. The standard InChI is InChI=1S/C20H30N2O3/c1-5-19(23)22-12-16(15-8-6-7-9-18(15)25-4)17(13-22)20(24)21-11-10-14(2)3/h6-9,14,16-17H,5,10-13H2,1-4H3,(H,21,24). The number of carbonyl (C=O) groups is 2. The molecule has 2 atom stereocenters. The number of ether oxygens (including phenoxy) is 1. The molecule has 0 aliphatic carbocycles. The molecule has 2 unspecified atom stereocenters. The molecule has 0 spiro atoms. The summed E-state index contributed by atoms with van der Waals surface area (Å²) in [4.78, 5) is 26.8. The Morgan fingerprint density at radius 2 is 2.00 bits per heavy atom. The van der Waals surface area contributed by atoms with Gasteiger partial charge in [0.2, 0.25) is 11.8 Å². The fourth-order valence-corrected chi connectivity index (χ4v) is 3.40. The molecule has 1 N–H and O–H groups in total. The highest BCUT2D eigenvalue weighted by atomic mass is 16.5. The highest BCUT2D eigenvalue weighted by Gasteiger charge is 2.40. The number of nitrogens with zero attached hydrogens (tertiary/aromatic N) is 1. The van der Waals surface area contributed by atoms with Crippen molar-refractivity contribution >= 4 is 11.8 Å². The predicted octanol–water partition coefficient (Wildman–Crippen LogP) is 2.81. The lowest BCUT2D eigenvalue weighted by atomic mass is 9.87. The number of benzene rings is 1. The Hall–Kier alpha value is -2.04. The molecule has 2 rings (SSSR count). The summed E-state index contributed by atoms with van der Waals surface area (Å²) in [5.41, 5.74) is 1.00. The fraction of sp³-hybridized carbons (Fsp3) is 0.600. The molecule has 138 valence electrons. The van der Waals surface area contributed by atoms with Crippen LogP contribution < -0.4 is 10.1 Å². The lowest BCUT2D eigenvalue weighted by Crippen LogP contribution is -2.36. The van der Waals surface area contributed by atoms with Crippen LogP contribution in [0.4, 0.5) is 0 Å². The summed E-state index contributed by atoms with van der Waals surface area (Å²) in [6, 6.07) is 7.78. The highest BCUT2D eigenvalue weighted by Crippen LogP contribution is 2.37. The average Bonchev–Trinajstić information content (AvgIpc) is 3.05. The topological polar surface area (TPSA) is 58.6 Å². The molecule has 5 nitrogen and oxygen atoms in total. The van der Waals surface area contributed by atoms with E-state index in [-0.39, 0.29) is 23.7 Å². The lowest BCUT2D eigenvalue weighted by molar-refractivity contribution is -0.130. The van der Waals surface area contributed by atoms with Gasteiger partial charge in [0.15, 0.2) is 0 Å². The number of hydrogen-bond acceptors (Lipinski definition) is 3. The van der Waals surface area contributed by atoms with Gasteiger partial charge in [0.05, 0.1) is 13.0 Å². The molecule has 5 heteroatoms. The van der Waals surface area contributed by atoms with Crippen molar-refractivity contribution in [2.75, 3.05) is 26.7 Å². The first kappa shape index (κ1) is 19.3. The van der Waals surface area contributed by atoms with Crippen LogP contribution in [0.5, 0.6) is 5.75 Å². The number of likely N-dealkylation sites (tertiary alicyclic amines) is 1. The molecule has 0 bridgehead atoms. The number of methoxy groups -OCH3 is 1. The zero-order valence-corrected chi connectivity index (χ0v) is 15.7. The maximum Gasteiger partial charge on any atom is 0.225 e. The van der Waals surface area contributed by atoms with Crippen molar-refractivity contribution in [3.63, 3.8) is 0 Å². The number of amides is 2. The summed E-state index contributed by atoms with van der Waals surface area (Å²) in [5.74, 6) is 1.18. The maximum atomic E-state index is 12.8. The van der Waals surface area contributed by atoms with Crippen molar-refractivity contribution in [3.8, 4) is 5.75 Å². The van der Waals surface area contributed by atoms with Gasteiger partial charge in [0.25, 0.3) is 0 Å². The van der Waals surface area contributed by atoms with Crippen LogP contribution in [0.25, 0.3) is 0 Å². The predicted molar refractivity (Wildman–Crippen MR) is 98.6 cm³/mol. The first-order valence-electron chi connectivity index (χ1n) is 9.16. The molecule has 1 fully saturated rings. The minimum absolute atomic E-state index is 0.0305. The van der Waals surface area contributed by atoms with Crippen LogP contribution in [0.2, 0.25) is 0 Å². The first-order valence-corrected chi connectivity index (χ1v) is 9.16. The van der Waals surface area contributed by atoms with Crippen molar-refractivity contribution < 1.29 is 14.3 Å². The third-order valence-corrected chi connectivity index (χ3v) is 4.87. The van der Waals surface area contributed by atoms with Crippen LogP contribution in [0.1, 0.15) is 45.1 Å². The first-order chi connectivity index (χ1) is 12.0. The monoisotopic (exact) mass is 346 g/mol. The SMILES string of the molecule is CCC(=O)N1CC(C(=O)NCCC(C)C)C(c2ccccc2OC)C1. The van der Waals surface area contributed by atoms with Crippen LogP contribution in [0.15, 0.2) is 24.3 Å². The van der Waals surface area contributed by atoms with E-state index in [1.807, 2.05) is 36.1 Å². The van der Waals surface area contributed by atoms with Gasteiger partial charge in [-0.25, -0.2) is 0 Å². The van der Waals surface area contributed by atoms with Gasteiger partial charge < -0.3 is 15.0 Å². The highest BCUT2D eigenvalue weighted by molar-refractivity contribution is 5.83. The van der Waals surface area contributed by atoms with Crippen LogP contribution in [0.3, 0.4) is 0 Å². The van der Waals surface area contributed by atoms with Crippen molar-refractivity contribution in [1.29, 1.82) is 0 Å². The zero-order valence-electron chi connectivity index (χ0n) is 15.7. The molecular formula is C20H30N2O3. The van der Waals surface area contributed by atoms with E-state index in [1.165, 1.54) is 0 Å². The summed E-state index contributed by atoms with van der Waals surface area (Å²) in [7, 11) is 1.64. The summed E-state index contributed by atoms with van der Waals surface area (Å²) in [6.45, 7) is 7.85. The van der Waals surface area contributed by atoms with E-state index in [0.717, 1.165) is 17.7 Å². The van der Waals surface area contributed by atoms with E-state index in [1.54, 1.807) is 7.11 Å². The van der Waals surface area contributed by atoms with Gasteiger partial charge in [0, 0.05) is 32.0 Å². The molecule has 25 heavy (non-hydrogen) atoms. The molecule has 1 heterocycles. The van der Waals surface area contributed by atoms with Gasteiger partial charge >= 0.3 is 0 Å². The summed E-state index contributed by atoms with van der Waals surface area (Å²) >= 11 is 0. The van der Waals surface area contributed by atoms with E-state index in [2.05, 4.69) is 19.2 Å². The maximum absolute atomic E-state index is 12.8. The Kier molecular flexibility index (Phi) is 6.85. The second-order valence-corrected chi connectivity index (χ2v) is 7.08. The van der Waals surface area contributed by atoms with Gasteiger partial charge in [0.1, 0.15) is 5.75 Å². The van der Waals surface area contributed by atoms with Crippen molar-refractivity contribution in [1.82, 2.24) is 10.2 Å². The smallest absolute Gasteiger partial charge is 0.225 e. The fourth-order valence-electron chi connectivity index (χ4n) is 3.40. The molecular weight excluding hydrogens is 316 g/mol. The molecule has 0 aromatic heterocycles. The van der Waals surface area contributed by atoms with Gasteiger partial charge in [-0.3, -0.25) is 9.59 Å². The largest absolute Gasteiger partial charge is 0.496 e. The number of para-hydroxylation sites is 1. The third kappa shape index (κ3) is 4.74. The second-order valence-electron chi connectivity index (χ2n) is 7.08. The minimum atomic E-state index is -0.237. The van der Waals surface area contributed by atoms with Crippen LogP contribution in [0, 0.1) is 11.8 Å². The molecule has 2 amide bonds. The van der Waals surface area contributed by atoms with Crippen molar-refractivity contribution in [2.45, 2.75) is 39.5 Å². The van der Waals surface area contributed by atoms with Crippen LogP contribution >= 0.6 is 0 Å². The Labute approximate surface area is 150 Å². The molecule has 1 aromatic carbocycles. The molecule has 1 aliphatic rings. The lowest BCUT2D eigenvalue weighted by Gasteiger charge is -2.20. The summed E-state index contributed by atoms with van der Waals surface area (Å²) < 4.78 is 5.49. The number of rotatable bonds is 7. The van der Waals surface area contributed by atoms with Crippen LogP contribution in [-0.4, -0.2) is 43.5 Å². The normalized spacial score (nSPS) is 20.0. The van der Waals surface area contributed by atoms with Gasteiger partial charge in [-0.2, -0.15) is 0 Å².